The first-order valence-corrected chi connectivity index (χ1v) is 4.92. The predicted molar refractivity (Wildman–Crippen MR) is 55.7 cm³/mol. The minimum Gasteiger partial charge on any atom is -0.481 e. The van der Waals surface area contributed by atoms with Crippen molar-refractivity contribution in [3.05, 3.63) is 0 Å². The average molecular weight is 217 g/mol. The Morgan fingerprint density at radius 2 is 1.93 bits per heavy atom. The molecule has 0 radical (unpaired) electrons. The summed E-state index contributed by atoms with van der Waals surface area (Å²) in [6, 6.07) is 0. The molecule has 0 aliphatic rings. The molecule has 0 aliphatic heterocycles. The molecule has 0 spiro atoms. The summed E-state index contributed by atoms with van der Waals surface area (Å²) >= 11 is 0. The average Bonchev–Trinajstić information content (AvgIpc) is 2.00. The maximum Gasteiger partial charge on any atom is 0.407 e. The van der Waals surface area contributed by atoms with E-state index in [9.17, 15) is 9.59 Å². The maximum atomic E-state index is 11.1. The van der Waals surface area contributed by atoms with Crippen molar-refractivity contribution < 1.29 is 19.4 Å². The Morgan fingerprint density at radius 1 is 1.40 bits per heavy atom. The lowest BCUT2D eigenvalue weighted by Gasteiger charge is -2.19. The van der Waals surface area contributed by atoms with E-state index in [-0.39, 0.29) is 0 Å². The Kier molecular flexibility index (Phi) is 5.11. The van der Waals surface area contributed by atoms with Gasteiger partial charge in [-0.3, -0.25) is 4.79 Å². The molecule has 0 saturated carbocycles. The Hall–Kier alpha value is -1.26. The van der Waals surface area contributed by atoms with Gasteiger partial charge < -0.3 is 15.2 Å². The van der Waals surface area contributed by atoms with E-state index in [1.807, 2.05) is 0 Å². The summed E-state index contributed by atoms with van der Waals surface area (Å²) in [6.07, 6.45) is -0.116. The van der Waals surface area contributed by atoms with Crippen molar-refractivity contribution >= 4 is 12.1 Å². The second-order valence-corrected chi connectivity index (χ2v) is 4.46. The van der Waals surface area contributed by atoms with E-state index >= 15 is 0 Å². The molecule has 0 aliphatic carbocycles. The second-order valence-electron chi connectivity index (χ2n) is 4.46. The Morgan fingerprint density at radius 3 is 2.33 bits per heavy atom. The molecule has 0 rings (SSSR count). The van der Waals surface area contributed by atoms with E-state index < -0.39 is 23.6 Å². The van der Waals surface area contributed by atoms with Gasteiger partial charge in [0.15, 0.2) is 0 Å². The number of carbonyl (C=O) groups is 2. The van der Waals surface area contributed by atoms with Crippen LogP contribution < -0.4 is 5.32 Å². The minimum atomic E-state index is -0.860. The molecule has 5 nitrogen and oxygen atoms in total. The van der Waals surface area contributed by atoms with Crippen LogP contribution in [-0.4, -0.2) is 29.3 Å². The number of hydrogen-bond acceptors (Lipinski definition) is 3. The molecule has 0 aromatic carbocycles. The van der Waals surface area contributed by atoms with Crippen LogP contribution in [0.25, 0.3) is 0 Å². The second kappa shape index (κ2) is 5.58. The number of rotatable bonds is 4. The van der Waals surface area contributed by atoms with Crippen molar-refractivity contribution in [3.8, 4) is 0 Å². The molecular formula is C10H19NO4. The molecule has 15 heavy (non-hydrogen) atoms. The van der Waals surface area contributed by atoms with Gasteiger partial charge in [0.25, 0.3) is 0 Å². The standard InChI is InChI=1S/C10H19NO4/c1-7(8(12)13)5-6-11-9(14)15-10(2,3)4/h7H,5-6H2,1-4H3,(H,11,14)(H,12,13)/t7-/m1/s1. The van der Waals surface area contributed by atoms with Crippen molar-refractivity contribution in [2.45, 2.75) is 39.7 Å². The highest BCUT2D eigenvalue weighted by Gasteiger charge is 2.16. The number of hydrogen-bond donors (Lipinski definition) is 2. The summed E-state index contributed by atoms with van der Waals surface area (Å²) in [5.74, 6) is -1.32. The Bertz CT molecular complexity index is 232. The van der Waals surface area contributed by atoms with Gasteiger partial charge in [-0.1, -0.05) is 6.92 Å². The number of nitrogens with one attached hydrogen (secondary N) is 1. The molecular weight excluding hydrogens is 198 g/mol. The summed E-state index contributed by atoms with van der Waals surface area (Å²) < 4.78 is 4.98. The van der Waals surface area contributed by atoms with Gasteiger partial charge in [0.1, 0.15) is 5.60 Å². The summed E-state index contributed by atoms with van der Waals surface area (Å²) in [6.45, 7) is 7.22. The molecule has 0 unspecified atom stereocenters. The highest BCUT2D eigenvalue weighted by atomic mass is 16.6. The number of amides is 1. The largest absolute Gasteiger partial charge is 0.481 e. The third-order valence-corrected chi connectivity index (χ3v) is 1.67. The van der Waals surface area contributed by atoms with E-state index in [0.29, 0.717) is 13.0 Å². The number of carboxylic acid groups (broad SMARTS) is 1. The van der Waals surface area contributed by atoms with Crippen LogP contribution in [-0.2, 0) is 9.53 Å². The number of carboxylic acids is 1. The van der Waals surface area contributed by atoms with E-state index in [1.165, 1.54) is 0 Å². The van der Waals surface area contributed by atoms with Gasteiger partial charge in [0.05, 0.1) is 5.92 Å². The molecule has 88 valence electrons. The van der Waals surface area contributed by atoms with Crippen LogP contribution in [0.15, 0.2) is 0 Å². The fraction of sp³-hybridized carbons (Fsp3) is 0.800. The quantitative estimate of drug-likeness (QED) is 0.750. The molecule has 1 atom stereocenters. The van der Waals surface area contributed by atoms with E-state index in [1.54, 1.807) is 27.7 Å². The molecule has 0 bridgehead atoms. The van der Waals surface area contributed by atoms with Crippen LogP contribution in [0.4, 0.5) is 4.79 Å². The number of alkyl carbamates (subject to hydrolysis) is 1. The number of ether oxygens (including phenoxy) is 1. The Balaban J connectivity index is 3.69. The zero-order chi connectivity index (χ0) is 12.1. The van der Waals surface area contributed by atoms with Crippen LogP contribution >= 0.6 is 0 Å². The first-order valence-electron chi connectivity index (χ1n) is 4.92. The lowest BCUT2D eigenvalue weighted by atomic mass is 10.1. The monoisotopic (exact) mass is 217 g/mol. The molecule has 2 N–H and O–H groups in total. The van der Waals surface area contributed by atoms with Gasteiger partial charge in [-0.05, 0) is 27.2 Å². The molecule has 1 amide bonds. The number of carbonyl (C=O) groups excluding carboxylic acids is 1. The zero-order valence-electron chi connectivity index (χ0n) is 9.66. The highest BCUT2D eigenvalue weighted by Crippen LogP contribution is 2.06. The molecule has 0 fully saturated rings. The third kappa shape index (κ3) is 7.78. The highest BCUT2D eigenvalue weighted by molar-refractivity contribution is 5.70. The first kappa shape index (κ1) is 13.7. The summed E-state index contributed by atoms with van der Waals surface area (Å²) in [7, 11) is 0. The fourth-order valence-corrected chi connectivity index (χ4v) is 0.828. The van der Waals surface area contributed by atoms with Crippen molar-refractivity contribution in [2.24, 2.45) is 5.92 Å². The lowest BCUT2D eigenvalue weighted by molar-refractivity contribution is -0.141. The predicted octanol–water partition coefficient (Wildman–Crippen LogP) is 1.62. The van der Waals surface area contributed by atoms with Gasteiger partial charge in [-0.25, -0.2) is 4.79 Å². The van der Waals surface area contributed by atoms with Crippen molar-refractivity contribution in [2.75, 3.05) is 6.54 Å². The van der Waals surface area contributed by atoms with Crippen molar-refractivity contribution in [1.29, 1.82) is 0 Å². The summed E-state index contributed by atoms with van der Waals surface area (Å²) in [5, 5.41) is 11.1. The van der Waals surface area contributed by atoms with Gasteiger partial charge in [0.2, 0.25) is 0 Å². The van der Waals surface area contributed by atoms with E-state index in [0.717, 1.165) is 0 Å². The normalized spacial score (nSPS) is 13.1. The van der Waals surface area contributed by atoms with Gasteiger partial charge in [-0.2, -0.15) is 0 Å². The molecule has 0 heterocycles. The molecule has 0 saturated heterocycles. The van der Waals surface area contributed by atoms with Crippen molar-refractivity contribution in [1.82, 2.24) is 5.32 Å². The van der Waals surface area contributed by atoms with E-state index in [2.05, 4.69) is 5.32 Å². The van der Waals surface area contributed by atoms with Crippen LogP contribution in [0.1, 0.15) is 34.1 Å². The fourth-order valence-electron chi connectivity index (χ4n) is 0.828. The van der Waals surface area contributed by atoms with Crippen molar-refractivity contribution in [3.63, 3.8) is 0 Å². The summed E-state index contributed by atoms with van der Waals surface area (Å²) in [4.78, 5) is 21.6. The third-order valence-electron chi connectivity index (χ3n) is 1.67. The topological polar surface area (TPSA) is 75.6 Å². The molecule has 5 heteroatoms. The van der Waals surface area contributed by atoms with Crippen LogP contribution in [0, 0.1) is 5.92 Å². The van der Waals surface area contributed by atoms with Crippen LogP contribution in [0.3, 0.4) is 0 Å². The number of aliphatic carboxylic acids is 1. The van der Waals surface area contributed by atoms with E-state index in [4.69, 9.17) is 9.84 Å². The SMILES string of the molecule is C[C@H](CCNC(=O)OC(C)(C)C)C(=O)O. The zero-order valence-corrected chi connectivity index (χ0v) is 9.66. The minimum absolute atomic E-state index is 0.308. The van der Waals surface area contributed by atoms with Crippen LogP contribution in [0.5, 0.6) is 0 Å². The van der Waals surface area contributed by atoms with Crippen LogP contribution in [0.2, 0.25) is 0 Å². The lowest BCUT2D eigenvalue weighted by Crippen LogP contribution is -2.33. The van der Waals surface area contributed by atoms with Gasteiger partial charge in [-0.15, -0.1) is 0 Å². The maximum absolute atomic E-state index is 11.1. The first-order chi connectivity index (χ1) is 6.72. The molecule has 0 aromatic heterocycles. The molecule has 0 aromatic rings. The summed E-state index contributed by atoms with van der Waals surface area (Å²) in [5.41, 5.74) is -0.525. The Labute approximate surface area is 89.8 Å². The smallest absolute Gasteiger partial charge is 0.407 e. The van der Waals surface area contributed by atoms with Gasteiger partial charge >= 0.3 is 12.1 Å². The van der Waals surface area contributed by atoms with Gasteiger partial charge in [0, 0.05) is 6.54 Å².